The van der Waals surface area contributed by atoms with Crippen LogP contribution >= 0.6 is 0 Å². The van der Waals surface area contributed by atoms with Gasteiger partial charge in [0.25, 0.3) is 0 Å². The lowest BCUT2D eigenvalue weighted by molar-refractivity contribution is 1.22. The first kappa shape index (κ1) is 30.8. The summed E-state index contributed by atoms with van der Waals surface area (Å²) >= 11 is 0. The van der Waals surface area contributed by atoms with Gasteiger partial charge < -0.3 is 9.80 Å². The maximum atomic E-state index is 2.43. The highest BCUT2D eigenvalue weighted by molar-refractivity contribution is 6.02. The molecule has 234 valence electrons. The molecule has 0 aliphatic rings. The molecule has 0 atom stereocenters. The maximum Gasteiger partial charge on any atom is 0.0781 e. The van der Waals surface area contributed by atoms with Crippen LogP contribution in [-0.4, -0.2) is 0 Å². The SMILES string of the molecule is Cc1ccc(N(c2ccc(C)cc2)c2cccc(-c3ccccc3-c3ccccc3)c2N(c2ccc(C)cc2)c2ccc(C)cc2)cc1. The molecule has 0 aliphatic carbocycles. The third kappa shape index (κ3) is 6.26. The van der Waals surface area contributed by atoms with Gasteiger partial charge in [0.05, 0.1) is 11.4 Å². The summed E-state index contributed by atoms with van der Waals surface area (Å²) in [6.07, 6.45) is 0. The number of rotatable bonds is 8. The summed E-state index contributed by atoms with van der Waals surface area (Å²) in [6, 6.07) is 61.7. The summed E-state index contributed by atoms with van der Waals surface area (Å²) in [5, 5.41) is 0. The van der Waals surface area contributed by atoms with Crippen molar-refractivity contribution >= 4 is 34.1 Å². The number of para-hydroxylation sites is 1. The predicted octanol–water partition coefficient (Wildman–Crippen LogP) is 13.2. The van der Waals surface area contributed by atoms with E-state index >= 15 is 0 Å². The molecule has 0 N–H and O–H groups in total. The Morgan fingerprint density at radius 2 is 0.667 bits per heavy atom. The van der Waals surface area contributed by atoms with Gasteiger partial charge in [0.1, 0.15) is 0 Å². The van der Waals surface area contributed by atoms with Crippen molar-refractivity contribution in [3.8, 4) is 22.3 Å². The van der Waals surface area contributed by atoms with Crippen molar-refractivity contribution in [3.05, 3.63) is 192 Å². The molecule has 7 aromatic carbocycles. The van der Waals surface area contributed by atoms with Crippen LogP contribution < -0.4 is 9.80 Å². The molecule has 0 spiro atoms. The van der Waals surface area contributed by atoms with Gasteiger partial charge in [0.15, 0.2) is 0 Å². The Kier molecular flexibility index (Phi) is 8.64. The van der Waals surface area contributed by atoms with Gasteiger partial charge in [-0.1, -0.05) is 138 Å². The van der Waals surface area contributed by atoms with Gasteiger partial charge in [-0.25, -0.2) is 0 Å². The molecule has 2 nitrogen and oxygen atoms in total. The first-order chi connectivity index (χ1) is 23.5. The monoisotopic (exact) mass is 620 g/mol. The van der Waals surface area contributed by atoms with Crippen LogP contribution in [0.5, 0.6) is 0 Å². The largest absolute Gasteiger partial charge is 0.308 e. The second kappa shape index (κ2) is 13.5. The third-order valence-corrected chi connectivity index (χ3v) is 8.95. The molecule has 0 bridgehead atoms. The molecule has 48 heavy (non-hydrogen) atoms. The Morgan fingerprint density at radius 3 is 1.12 bits per heavy atom. The minimum Gasteiger partial charge on any atom is -0.308 e. The molecule has 0 aromatic heterocycles. The predicted molar refractivity (Wildman–Crippen MR) is 206 cm³/mol. The highest BCUT2D eigenvalue weighted by Crippen LogP contribution is 2.51. The van der Waals surface area contributed by atoms with E-state index < -0.39 is 0 Å². The van der Waals surface area contributed by atoms with E-state index in [0.717, 1.165) is 39.7 Å². The van der Waals surface area contributed by atoms with E-state index in [0.29, 0.717) is 0 Å². The summed E-state index contributed by atoms with van der Waals surface area (Å²) in [6.45, 7) is 8.57. The summed E-state index contributed by atoms with van der Waals surface area (Å²) in [4.78, 5) is 4.83. The van der Waals surface area contributed by atoms with Crippen LogP contribution in [-0.2, 0) is 0 Å². The van der Waals surface area contributed by atoms with Crippen LogP contribution in [0.25, 0.3) is 22.3 Å². The number of aryl methyl sites for hydroxylation is 4. The first-order valence-electron chi connectivity index (χ1n) is 16.6. The number of nitrogens with zero attached hydrogens (tertiary/aromatic N) is 2. The van der Waals surface area contributed by atoms with Gasteiger partial charge in [-0.3, -0.25) is 0 Å². The second-order valence-electron chi connectivity index (χ2n) is 12.6. The summed E-state index contributed by atoms with van der Waals surface area (Å²) in [5.74, 6) is 0. The number of anilines is 6. The van der Waals surface area contributed by atoms with Crippen molar-refractivity contribution < 1.29 is 0 Å². The number of hydrogen-bond acceptors (Lipinski definition) is 2. The molecule has 0 saturated heterocycles. The van der Waals surface area contributed by atoms with Crippen LogP contribution in [0.3, 0.4) is 0 Å². The Balaban J connectivity index is 1.60. The lowest BCUT2D eigenvalue weighted by Gasteiger charge is -2.35. The topological polar surface area (TPSA) is 6.48 Å². The van der Waals surface area contributed by atoms with Crippen LogP contribution in [0.15, 0.2) is 170 Å². The fourth-order valence-corrected chi connectivity index (χ4v) is 6.36. The minimum absolute atomic E-state index is 1.09. The molecule has 0 amide bonds. The van der Waals surface area contributed by atoms with Crippen LogP contribution in [0.2, 0.25) is 0 Å². The van der Waals surface area contributed by atoms with Gasteiger partial charge in [-0.05, 0) is 99.0 Å². The molecule has 0 heterocycles. The lowest BCUT2D eigenvalue weighted by Crippen LogP contribution is -2.18. The normalized spacial score (nSPS) is 10.9. The van der Waals surface area contributed by atoms with Gasteiger partial charge in [0.2, 0.25) is 0 Å². The Morgan fingerprint density at radius 1 is 0.292 bits per heavy atom. The molecule has 0 fully saturated rings. The van der Waals surface area contributed by atoms with Crippen molar-refractivity contribution in [2.75, 3.05) is 9.80 Å². The highest BCUT2D eigenvalue weighted by Gasteiger charge is 2.26. The zero-order valence-corrected chi connectivity index (χ0v) is 28.1. The van der Waals surface area contributed by atoms with E-state index in [4.69, 9.17) is 0 Å². The molecular weight excluding hydrogens is 581 g/mol. The Bertz CT molecular complexity index is 2040. The van der Waals surface area contributed by atoms with Crippen molar-refractivity contribution in [1.82, 2.24) is 0 Å². The van der Waals surface area contributed by atoms with Gasteiger partial charge in [-0.2, -0.15) is 0 Å². The summed E-state index contributed by atoms with van der Waals surface area (Å²) in [5.41, 5.74) is 16.2. The molecule has 7 aromatic rings. The van der Waals surface area contributed by atoms with E-state index in [2.05, 4.69) is 207 Å². The fraction of sp³-hybridized carbons (Fsp3) is 0.0870. The van der Waals surface area contributed by atoms with Gasteiger partial charge in [0, 0.05) is 28.3 Å². The van der Waals surface area contributed by atoms with Crippen molar-refractivity contribution in [1.29, 1.82) is 0 Å². The van der Waals surface area contributed by atoms with E-state index in [1.807, 2.05) is 0 Å². The summed E-state index contributed by atoms with van der Waals surface area (Å²) in [7, 11) is 0. The van der Waals surface area contributed by atoms with Crippen molar-refractivity contribution in [2.45, 2.75) is 27.7 Å². The average Bonchev–Trinajstić information content (AvgIpc) is 3.12. The number of benzene rings is 7. The molecule has 2 heteroatoms. The van der Waals surface area contributed by atoms with Gasteiger partial charge in [-0.15, -0.1) is 0 Å². The van der Waals surface area contributed by atoms with E-state index in [9.17, 15) is 0 Å². The van der Waals surface area contributed by atoms with Crippen molar-refractivity contribution in [3.63, 3.8) is 0 Å². The molecule has 0 unspecified atom stereocenters. The fourth-order valence-electron chi connectivity index (χ4n) is 6.36. The van der Waals surface area contributed by atoms with Crippen LogP contribution in [0, 0.1) is 27.7 Å². The molecule has 0 radical (unpaired) electrons. The highest BCUT2D eigenvalue weighted by atomic mass is 15.2. The smallest absolute Gasteiger partial charge is 0.0781 e. The lowest BCUT2D eigenvalue weighted by atomic mass is 9.92. The minimum atomic E-state index is 1.09. The Hall–Kier alpha value is -5.86. The molecule has 0 aliphatic heterocycles. The van der Waals surface area contributed by atoms with E-state index in [-0.39, 0.29) is 0 Å². The standard InChI is InChI=1S/C46H40N2/c1-33-17-25-38(26-18-33)47(39-27-19-34(2)20-28-39)45-16-10-15-44(43-14-9-8-13-42(43)37-11-6-5-7-12-37)46(45)48(40-29-21-35(3)22-30-40)41-31-23-36(4)24-32-41/h5-32H,1-4H3. The molecular formula is C46H40N2. The van der Waals surface area contributed by atoms with Gasteiger partial charge >= 0.3 is 0 Å². The quantitative estimate of drug-likeness (QED) is 0.167. The zero-order chi connectivity index (χ0) is 33.0. The number of hydrogen-bond donors (Lipinski definition) is 0. The summed E-state index contributed by atoms with van der Waals surface area (Å²) < 4.78 is 0. The zero-order valence-electron chi connectivity index (χ0n) is 28.1. The average molecular weight is 621 g/mol. The van der Waals surface area contributed by atoms with E-state index in [1.165, 1.54) is 38.9 Å². The first-order valence-corrected chi connectivity index (χ1v) is 16.6. The molecule has 7 rings (SSSR count). The third-order valence-electron chi connectivity index (χ3n) is 8.95. The second-order valence-corrected chi connectivity index (χ2v) is 12.6. The maximum absolute atomic E-state index is 2.43. The Labute approximate surface area is 285 Å². The van der Waals surface area contributed by atoms with E-state index in [1.54, 1.807) is 0 Å². The van der Waals surface area contributed by atoms with Crippen LogP contribution in [0.4, 0.5) is 34.1 Å². The molecule has 0 saturated carbocycles. The van der Waals surface area contributed by atoms with Crippen LogP contribution in [0.1, 0.15) is 22.3 Å². The van der Waals surface area contributed by atoms with Crippen molar-refractivity contribution in [2.24, 2.45) is 0 Å².